The molecule has 3 N–H and O–H groups in total. The Labute approximate surface area is 244 Å². The number of ether oxygens (including phenoxy) is 2. The molecule has 2 amide bonds. The number of carbonyl (C=O) groups excluding carboxylic acids is 3. The Morgan fingerprint density at radius 1 is 1.05 bits per heavy atom. The molecule has 0 saturated carbocycles. The third kappa shape index (κ3) is 8.81. The normalized spacial score (nSPS) is 12.6. The van der Waals surface area contributed by atoms with Crippen molar-refractivity contribution in [3.63, 3.8) is 0 Å². The van der Waals surface area contributed by atoms with Crippen LogP contribution in [-0.2, 0) is 27.5 Å². The van der Waals surface area contributed by atoms with Crippen molar-refractivity contribution in [2.75, 3.05) is 12.4 Å². The maximum atomic E-state index is 13.3. The predicted molar refractivity (Wildman–Crippen MR) is 151 cm³/mol. The predicted octanol–water partition coefficient (Wildman–Crippen LogP) is 3.93. The lowest BCUT2D eigenvalue weighted by Crippen LogP contribution is -2.53. The molecule has 2 aromatic carbocycles. The highest BCUT2D eigenvalue weighted by molar-refractivity contribution is 5.98. The third-order valence-corrected chi connectivity index (χ3v) is 6.34. The Morgan fingerprint density at radius 2 is 1.70 bits per heavy atom. The number of rotatable bonds is 11. The minimum atomic E-state index is -5.00. The van der Waals surface area contributed by atoms with E-state index >= 15 is 0 Å². The maximum absolute atomic E-state index is 13.3. The molecule has 0 aliphatic heterocycles. The van der Waals surface area contributed by atoms with Gasteiger partial charge in [0.25, 0.3) is 5.56 Å². The van der Waals surface area contributed by atoms with Crippen LogP contribution in [0.1, 0.15) is 30.5 Å². The molecular formula is C30H30F3N3O7. The van der Waals surface area contributed by atoms with E-state index in [0.29, 0.717) is 16.9 Å². The third-order valence-electron chi connectivity index (χ3n) is 6.34. The monoisotopic (exact) mass is 601 g/mol. The number of benzene rings is 2. The average molecular weight is 602 g/mol. The number of alkyl halides is 3. The summed E-state index contributed by atoms with van der Waals surface area (Å²) in [5, 5.41) is 14.2. The van der Waals surface area contributed by atoms with Crippen LogP contribution in [0.4, 0.5) is 23.7 Å². The fourth-order valence-electron chi connectivity index (χ4n) is 4.09. The van der Waals surface area contributed by atoms with Crippen molar-refractivity contribution in [2.24, 2.45) is 5.92 Å². The first-order valence-electron chi connectivity index (χ1n) is 13.0. The molecule has 0 spiro atoms. The number of aliphatic hydroxyl groups excluding tert-OH is 1. The quantitative estimate of drug-likeness (QED) is 0.284. The summed E-state index contributed by atoms with van der Waals surface area (Å²) in [6.45, 7) is 1.84. The number of carbonyl (C=O) groups is 2. The highest BCUT2D eigenvalue weighted by Crippen LogP contribution is 2.26. The van der Waals surface area contributed by atoms with Crippen LogP contribution in [0.3, 0.4) is 0 Å². The van der Waals surface area contributed by atoms with E-state index in [1.807, 2.05) is 0 Å². The maximum Gasteiger partial charge on any atom is 0.416 e. The van der Waals surface area contributed by atoms with Gasteiger partial charge in [-0.1, -0.05) is 44.2 Å². The largest absolute Gasteiger partial charge is 0.497 e. The lowest BCUT2D eigenvalue weighted by Gasteiger charge is -2.29. The first-order valence-corrected chi connectivity index (χ1v) is 13.0. The van der Waals surface area contributed by atoms with Crippen LogP contribution in [0.25, 0.3) is 5.57 Å². The highest BCUT2D eigenvalue weighted by Gasteiger charge is 2.45. The standard InChI is InChI=1S/C30H30F3N3O7/c1-18(2)26(27(39)30(31,32)33)35-25(38)15-36-14-21(23(16-37)20-9-11-22(42-3)12-10-20)13-24(28(36)40)34-29(41)43-17-19-7-5-4-6-8-19/h4-14,18,26-27,39H,15,17H2,1-3H3,(H,34,41)(H,35,38). The van der Waals surface area contributed by atoms with Gasteiger partial charge in [-0.2, -0.15) is 13.2 Å². The van der Waals surface area contributed by atoms with E-state index in [-0.39, 0.29) is 23.4 Å². The van der Waals surface area contributed by atoms with Crippen LogP contribution in [0.2, 0.25) is 0 Å². The number of anilines is 1. The van der Waals surface area contributed by atoms with Crippen LogP contribution in [0.15, 0.2) is 71.7 Å². The van der Waals surface area contributed by atoms with Gasteiger partial charge < -0.3 is 24.5 Å². The van der Waals surface area contributed by atoms with Gasteiger partial charge in [0, 0.05) is 11.8 Å². The van der Waals surface area contributed by atoms with Crippen LogP contribution in [0, 0.1) is 5.92 Å². The average Bonchev–Trinajstić information content (AvgIpc) is 2.97. The van der Waals surface area contributed by atoms with Gasteiger partial charge in [-0.25, -0.2) is 9.59 Å². The van der Waals surface area contributed by atoms with Crippen molar-refractivity contribution in [1.29, 1.82) is 0 Å². The molecular weight excluding hydrogens is 571 g/mol. The number of hydrogen-bond donors (Lipinski definition) is 3. The topological polar surface area (TPSA) is 136 Å². The zero-order chi connectivity index (χ0) is 31.7. The van der Waals surface area contributed by atoms with E-state index in [2.05, 4.69) is 10.6 Å². The molecule has 0 saturated heterocycles. The second kappa shape index (κ2) is 14.3. The number of aromatic nitrogens is 1. The Hall–Kier alpha value is -4.87. The summed E-state index contributed by atoms with van der Waals surface area (Å²) in [7, 11) is 1.46. The van der Waals surface area contributed by atoms with Crippen molar-refractivity contribution < 1.29 is 42.1 Å². The number of amides is 2. The van der Waals surface area contributed by atoms with Gasteiger partial charge in [0.2, 0.25) is 5.91 Å². The lowest BCUT2D eigenvalue weighted by molar-refractivity contribution is -0.215. The van der Waals surface area contributed by atoms with Crippen LogP contribution < -0.4 is 20.9 Å². The number of hydrogen-bond acceptors (Lipinski definition) is 7. The minimum Gasteiger partial charge on any atom is -0.497 e. The van der Waals surface area contributed by atoms with Gasteiger partial charge in [0.1, 0.15) is 30.5 Å². The van der Waals surface area contributed by atoms with Gasteiger partial charge in [-0.15, -0.1) is 0 Å². The van der Waals surface area contributed by atoms with E-state index in [4.69, 9.17) is 9.47 Å². The van der Waals surface area contributed by atoms with E-state index in [1.54, 1.807) is 60.5 Å². The van der Waals surface area contributed by atoms with Crippen molar-refractivity contribution in [2.45, 2.75) is 45.3 Å². The van der Waals surface area contributed by atoms with E-state index < -0.39 is 48.3 Å². The molecule has 1 heterocycles. The molecule has 228 valence electrons. The van der Waals surface area contributed by atoms with Crippen LogP contribution in [0.5, 0.6) is 5.75 Å². The van der Waals surface area contributed by atoms with Gasteiger partial charge in [0.15, 0.2) is 6.10 Å². The Morgan fingerprint density at radius 3 is 2.26 bits per heavy atom. The van der Waals surface area contributed by atoms with E-state index in [1.165, 1.54) is 27.0 Å². The SMILES string of the molecule is COc1ccc(C(=C=O)c2cc(NC(=O)OCc3ccccc3)c(=O)n(CC(=O)NC(C(C)C)C(O)C(F)(F)F)c2)cc1. The number of halogens is 3. The summed E-state index contributed by atoms with van der Waals surface area (Å²) in [4.78, 5) is 50.7. The molecule has 10 nitrogen and oxygen atoms in total. The number of pyridine rings is 1. The van der Waals surface area contributed by atoms with Crippen molar-refractivity contribution in [3.05, 3.63) is 93.9 Å². The molecule has 13 heteroatoms. The second-order valence-corrected chi connectivity index (χ2v) is 9.79. The number of nitrogens with zero attached hydrogens (tertiary/aromatic N) is 1. The smallest absolute Gasteiger partial charge is 0.416 e. The molecule has 0 fully saturated rings. The summed E-state index contributed by atoms with van der Waals surface area (Å²) in [6, 6.07) is 14.4. The molecule has 3 aromatic rings. The first kappa shape index (κ1) is 32.6. The summed E-state index contributed by atoms with van der Waals surface area (Å²) < 4.78 is 50.7. The van der Waals surface area contributed by atoms with Gasteiger partial charge in [0.05, 0.1) is 18.7 Å². The first-order chi connectivity index (χ1) is 20.3. The molecule has 1 aromatic heterocycles. The fraction of sp³-hybridized carbons (Fsp3) is 0.300. The Kier molecular flexibility index (Phi) is 10.9. The molecule has 0 aliphatic carbocycles. The van der Waals surface area contributed by atoms with Crippen molar-refractivity contribution in [3.8, 4) is 5.75 Å². The van der Waals surface area contributed by atoms with Gasteiger partial charge in [-0.05, 0) is 47.4 Å². The Bertz CT molecular complexity index is 1530. The molecule has 0 aliphatic rings. The number of nitrogens with one attached hydrogen (secondary N) is 2. The Balaban J connectivity index is 1.96. The summed E-state index contributed by atoms with van der Waals surface area (Å²) in [6.07, 6.45) is -7.73. The summed E-state index contributed by atoms with van der Waals surface area (Å²) in [5.74, 6) is 0.438. The summed E-state index contributed by atoms with van der Waals surface area (Å²) >= 11 is 0. The number of methoxy groups -OCH3 is 1. The highest BCUT2D eigenvalue weighted by atomic mass is 19.4. The molecule has 2 unspecified atom stereocenters. The zero-order valence-electron chi connectivity index (χ0n) is 23.5. The molecule has 43 heavy (non-hydrogen) atoms. The van der Waals surface area contributed by atoms with Gasteiger partial charge in [-0.3, -0.25) is 14.9 Å². The van der Waals surface area contributed by atoms with E-state index in [9.17, 15) is 37.5 Å². The fourth-order valence-corrected chi connectivity index (χ4v) is 4.09. The van der Waals surface area contributed by atoms with Crippen LogP contribution in [-0.4, -0.2) is 53.0 Å². The van der Waals surface area contributed by atoms with Crippen LogP contribution >= 0.6 is 0 Å². The summed E-state index contributed by atoms with van der Waals surface area (Å²) in [5.41, 5.74) is -0.247. The molecule has 2 atom stereocenters. The molecule has 3 rings (SSSR count). The molecule has 0 bridgehead atoms. The van der Waals surface area contributed by atoms with Crippen molar-refractivity contribution >= 4 is 29.2 Å². The van der Waals surface area contributed by atoms with Gasteiger partial charge >= 0.3 is 12.3 Å². The van der Waals surface area contributed by atoms with Crippen molar-refractivity contribution in [1.82, 2.24) is 9.88 Å². The number of aliphatic hydroxyl groups is 1. The minimum absolute atomic E-state index is 0.0509. The zero-order valence-corrected chi connectivity index (χ0v) is 23.5. The molecule has 0 radical (unpaired) electrons. The lowest BCUT2D eigenvalue weighted by atomic mass is 9.98. The second-order valence-electron chi connectivity index (χ2n) is 9.79. The van der Waals surface area contributed by atoms with E-state index in [0.717, 1.165) is 10.8 Å².